The molecule has 2 N–H and O–H groups in total. The van der Waals surface area contributed by atoms with E-state index in [4.69, 9.17) is 9.47 Å². The van der Waals surface area contributed by atoms with Crippen molar-refractivity contribution in [2.45, 2.75) is 6.61 Å². The van der Waals surface area contributed by atoms with E-state index in [-0.39, 0.29) is 18.1 Å². The molecule has 3 rings (SSSR count). The smallest absolute Gasteiger partial charge is 0.165 e. The summed E-state index contributed by atoms with van der Waals surface area (Å²) in [7, 11) is 1.56. The van der Waals surface area contributed by atoms with Gasteiger partial charge in [-0.25, -0.2) is 0 Å². The topological polar surface area (TPSA) is 58.9 Å². The Morgan fingerprint density at radius 1 is 0.864 bits per heavy atom. The van der Waals surface area contributed by atoms with Gasteiger partial charge in [0.2, 0.25) is 0 Å². The van der Waals surface area contributed by atoms with Gasteiger partial charge in [-0.1, -0.05) is 30.3 Å². The van der Waals surface area contributed by atoms with Crippen molar-refractivity contribution in [3.8, 4) is 23.0 Å². The number of hydrogen-bond acceptors (Lipinski definition) is 4. The zero-order valence-electron chi connectivity index (χ0n) is 12.1. The molecule has 0 unspecified atom stereocenters. The summed E-state index contributed by atoms with van der Waals surface area (Å²) in [4.78, 5) is 0. The lowest BCUT2D eigenvalue weighted by Crippen LogP contribution is -1.97. The van der Waals surface area contributed by atoms with Gasteiger partial charge in [0.1, 0.15) is 18.1 Å². The first-order chi connectivity index (χ1) is 10.7. The van der Waals surface area contributed by atoms with E-state index in [1.807, 2.05) is 30.3 Å². The highest BCUT2D eigenvalue weighted by atomic mass is 16.5. The first-order valence-electron chi connectivity index (χ1n) is 6.88. The maximum Gasteiger partial charge on any atom is 0.165 e. The lowest BCUT2D eigenvalue weighted by molar-refractivity contribution is 0.287. The van der Waals surface area contributed by atoms with Crippen molar-refractivity contribution in [2.75, 3.05) is 7.11 Å². The standard InChI is InChI=1S/C18H16O4/c1-21-13-7-9-17(20)18(10-13)22-11-12-6-8-16(19)15-5-3-2-4-14(12)15/h2-10,19-20H,11H2,1H3. The quantitative estimate of drug-likeness (QED) is 0.768. The van der Waals surface area contributed by atoms with E-state index in [0.717, 1.165) is 16.3 Å². The Bertz CT molecular complexity index is 811. The van der Waals surface area contributed by atoms with E-state index in [9.17, 15) is 10.2 Å². The first kappa shape index (κ1) is 14.1. The van der Waals surface area contributed by atoms with Crippen molar-refractivity contribution < 1.29 is 19.7 Å². The number of hydrogen-bond donors (Lipinski definition) is 2. The molecule has 0 saturated carbocycles. The minimum atomic E-state index is 0.0592. The van der Waals surface area contributed by atoms with Crippen LogP contribution < -0.4 is 9.47 Å². The number of rotatable bonds is 4. The van der Waals surface area contributed by atoms with Crippen LogP contribution in [0.3, 0.4) is 0 Å². The molecule has 0 aromatic heterocycles. The SMILES string of the molecule is COc1ccc(O)c(OCc2ccc(O)c3ccccc23)c1. The molecule has 4 nitrogen and oxygen atoms in total. The molecule has 3 aromatic carbocycles. The van der Waals surface area contributed by atoms with Crippen LogP contribution in [0.1, 0.15) is 5.56 Å². The number of phenolic OH excluding ortho intramolecular Hbond substituents is 2. The highest BCUT2D eigenvalue weighted by Gasteiger charge is 2.08. The molecule has 0 heterocycles. The molecule has 0 fully saturated rings. The summed E-state index contributed by atoms with van der Waals surface area (Å²) < 4.78 is 10.8. The minimum Gasteiger partial charge on any atom is -0.507 e. The average Bonchev–Trinajstić information content (AvgIpc) is 2.56. The van der Waals surface area contributed by atoms with E-state index in [2.05, 4.69) is 0 Å². The second kappa shape index (κ2) is 5.85. The molecule has 0 spiro atoms. The van der Waals surface area contributed by atoms with Crippen LogP contribution in [0.2, 0.25) is 0 Å². The second-order valence-corrected chi connectivity index (χ2v) is 4.91. The van der Waals surface area contributed by atoms with Crippen LogP contribution in [-0.4, -0.2) is 17.3 Å². The van der Waals surface area contributed by atoms with Crippen molar-refractivity contribution in [2.24, 2.45) is 0 Å². The predicted octanol–water partition coefficient (Wildman–Crippen LogP) is 3.84. The van der Waals surface area contributed by atoms with E-state index in [1.165, 1.54) is 6.07 Å². The highest BCUT2D eigenvalue weighted by Crippen LogP contribution is 2.32. The van der Waals surface area contributed by atoms with Gasteiger partial charge < -0.3 is 19.7 Å². The van der Waals surface area contributed by atoms with Crippen molar-refractivity contribution in [3.05, 3.63) is 60.2 Å². The van der Waals surface area contributed by atoms with Gasteiger partial charge in [0.25, 0.3) is 0 Å². The lowest BCUT2D eigenvalue weighted by atomic mass is 10.0. The zero-order chi connectivity index (χ0) is 15.5. The van der Waals surface area contributed by atoms with Gasteiger partial charge in [-0.15, -0.1) is 0 Å². The molecule has 22 heavy (non-hydrogen) atoms. The summed E-state index contributed by atoms with van der Waals surface area (Å²) in [6.45, 7) is 0.279. The molecule has 112 valence electrons. The third-order valence-electron chi connectivity index (χ3n) is 3.54. The molecule has 0 saturated heterocycles. The monoisotopic (exact) mass is 296 g/mol. The number of benzene rings is 3. The molecule has 0 aliphatic carbocycles. The molecule has 0 amide bonds. The summed E-state index contributed by atoms with van der Waals surface area (Å²) in [5.74, 6) is 1.27. The minimum absolute atomic E-state index is 0.0592. The van der Waals surface area contributed by atoms with Crippen LogP contribution in [0.5, 0.6) is 23.0 Å². The van der Waals surface area contributed by atoms with Crippen LogP contribution in [-0.2, 0) is 6.61 Å². The molecule has 0 bridgehead atoms. The molecule has 4 heteroatoms. The Balaban J connectivity index is 1.90. The third-order valence-corrected chi connectivity index (χ3v) is 3.54. The van der Waals surface area contributed by atoms with Crippen LogP contribution in [0.4, 0.5) is 0 Å². The maximum absolute atomic E-state index is 9.90. The van der Waals surface area contributed by atoms with Crippen molar-refractivity contribution in [1.82, 2.24) is 0 Å². The largest absolute Gasteiger partial charge is 0.507 e. The fourth-order valence-corrected chi connectivity index (χ4v) is 2.36. The predicted molar refractivity (Wildman–Crippen MR) is 84.6 cm³/mol. The van der Waals surface area contributed by atoms with Crippen LogP contribution >= 0.6 is 0 Å². The Kier molecular flexibility index (Phi) is 3.74. The molecule has 0 atom stereocenters. The fraction of sp³-hybridized carbons (Fsp3) is 0.111. The third kappa shape index (κ3) is 2.63. The Hall–Kier alpha value is -2.88. The molecular weight excluding hydrogens is 280 g/mol. The Morgan fingerprint density at radius 2 is 1.59 bits per heavy atom. The van der Waals surface area contributed by atoms with Crippen molar-refractivity contribution >= 4 is 10.8 Å². The van der Waals surface area contributed by atoms with Gasteiger partial charge in [-0.2, -0.15) is 0 Å². The normalized spacial score (nSPS) is 10.6. The number of phenols is 2. The molecule has 0 aliphatic heterocycles. The number of fused-ring (bicyclic) bond motifs is 1. The van der Waals surface area contributed by atoms with Crippen molar-refractivity contribution in [1.29, 1.82) is 0 Å². The van der Waals surface area contributed by atoms with Gasteiger partial charge in [-0.05, 0) is 29.1 Å². The van der Waals surface area contributed by atoms with Gasteiger partial charge in [0.15, 0.2) is 11.5 Å². The lowest BCUT2D eigenvalue weighted by Gasteiger charge is -2.12. The molecule has 0 radical (unpaired) electrons. The van der Waals surface area contributed by atoms with Crippen LogP contribution in [0, 0.1) is 0 Å². The van der Waals surface area contributed by atoms with Crippen LogP contribution in [0.25, 0.3) is 10.8 Å². The van der Waals surface area contributed by atoms with Gasteiger partial charge in [-0.3, -0.25) is 0 Å². The van der Waals surface area contributed by atoms with E-state index in [0.29, 0.717) is 11.5 Å². The van der Waals surface area contributed by atoms with Gasteiger partial charge in [0.05, 0.1) is 7.11 Å². The Morgan fingerprint density at radius 3 is 2.36 bits per heavy atom. The number of methoxy groups -OCH3 is 1. The highest BCUT2D eigenvalue weighted by molar-refractivity contribution is 5.90. The van der Waals surface area contributed by atoms with Gasteiger partial charge >= 0.3 is 0 Å². The Labute approximate surface area is 128 Å². The average molecular weight is 296 g/mol. The maximum atomic E-state index is 9.90. The first-order valence-corrected chi connectivity index (χ1v) is 6.88. The summed E-state index contributed by atoms with van der Waals surface area (Å²) >= 11 is 0. The summed E-state index contributed by atoms with van der Waals surface area (Å²) in [6.07, 6.45) is 0. The van der Waals surface area contributed by atoms with Gasteiger partial charge in [0, 0.05) is 11.5 Å². The fourth-order valence-electron chi connectivity index (χ4n) is 2.36. The van der Waals surface area contributed by atoms with Crippen LogP contribution in [0.15, 0.2) is 54.6 Å². The van der Waals surface area contributed by atoms with E-state index >= 15 is 0 Å². The summed E-state index contributed by atoms with van der Waals surface area (Å²) in [5, 5.41) is 21.4. The molecule has 0 aliphatic rings. The van der Waals surface area contributed by atoms with E-state index < -0.39 is 0 Å². The summed E-state index contributed by atoms with van der Waals surface area (Å²) in [5.41, 5.74) is 0.926. The number of ether oxygens (including phenoxy) is 2. The summed E-state index contributed by atoms with van der Waals surface area (Å²) in [6, 6.07) is 15.9. The second-order valence-electron chi connectivity index (χ2n) is 4.91. The molecule has 3 aromatic rings. The van der Waals surface area contributed by atoms with E-state index in [1.54, 1.807) is 25.3 Å². The van der Waals surface area contributed by atoms with Crippen molar-refractivity contribution in [3.63, 3.8) is 0 Å². The number of aromatic hydroxyl groups is 2. The zero-order valence-corrected chi connectivity index (χ0v) is 12.1. The molecular formula is C18H16O4.